The fraction of sp³-hybridized carbons (Fsp3) is 0.320. The Morgan fingerprint density at radius 1 is 1.00 bits per heavy atom. The van der Waals surface area contributed by atoms with Gasteiger partial charge in [0.1, 0.15) is 5.76 Å². The summed E-state index contributed by atoms with van der Waals surface area (Å²) in [6.45, 7) is 6.17. The number of ether oxygens (including phenoxy) is 2. The van der Waals surface area contributed by atoms with Gasteiger partial charge in [0.05, 0.1) is 6.54 Å². The van der Waals surface area contributed by atoms with E-state index in [-0.39, 0.29) is 18.7 Å². The van der Waals surface area contributed by atoms with Crippen LogP contribution in [0.5, 0.6) is 11.5 Å². The van der Waals surface area contributed by atoms with Crippen LogP contribution in [0.15, 0.2) is 59.0 Å². The van der Waals surface area contributed by atoms with E-state index in [2.05, 4.69) is 10.2 Å². The molecule has 0 fully saturated rings. The van der Waals surface area contributed by atoms with Crippen molar-refractivity contribution < 1.29 is 18.7 Å². The second kappa shape index (κ2) is 10.1. The molecule has 1 aliphatic heterocycles. The topological polar surface area (TPSA) is 63.9 Å². The maximum Gasteiger partial charge on any atom is 0.287 e. The van der Waals surface area contributed by atoms with Crippen LogP contribution in [0, 0.1) is 0 Å². The molecule has 0 saturated heterocycles. The summed E-state index contributed by atoms with van der Waals surface area (Å²) in [6.07, 6.45) is 0.865. The zero-order chi connectivity index (χ0) is 22.5. The molecule has 0 spiro atoms. The van der Waals surface area contributed by atoms with Crippen molar-refractivity contribution in [2.75, 3.05) is 6.79 Å². The molecule has 3 aromatic rings. The van der Waals surface area contributed by atoms with Gasteiger partial charge in [-0.3, -0.25) is 9.69 Å². The van der Waals surface area contributed by atoms with E-state index in [1.165, 1.54) is 0 Å². The lowest BCUT2D eigenvalue weighted by atomic mass is 10.1. The average molecular weight is 455 g/mol. The van der Waals surface area contributed by atoms with Gasteiger partial charge in [0.2, 0.25) is 6.79 Å². The molecule has 1 N–H and O–H groups in total. The second-order valence-electron chi connectivity index (χ2n) is 8.01. The van der Waals surface area contributed by atoms with Crippen LogP contribution in [0.1, 0.15) is 47.7 Å². The van der Waals surface area contributed by atoms with Gasteiger partial charge < -0.3 is 19.2 Å². The molecule has 0 radical (unpaired) electrons. The summed E-state index contributed by atoms with van der Waals surface area (Å²) >= 11 is 6.05. The van der Waals surface area contributed by atoms with Crippen molar-refractivity contribution in [1.29, 1.82) is 0 Å². The van der Waals surface area contributed by atoms with Gasteiger partial charge in [0.15, 0.2) is 17.3 Å². The minimum Gasteiger partial charge on any atom is -0.455 e. The highest BCUT2D eigenvalue weighted by atomic mass is 35.5. The van der Waals surface area contributed by atoms with Gasteiger partial charge in [-0.25, -0.2) is 0 Å². The number of fused-ring (bicyclic) bond motifs is 1. The van der Waals surface area contributed by atoms with Crippen LogP contribution in [-0.4, -0.2) is 23.6 Å². The summed E-state index contributed by atoms with van der Waals surface area (Å²) < 4.78 is 16.8. The SMILES string of the molecule is CCC(C)NC(=O)c1ccc(CN(Cc2ccc(Cl)cc2)Cc2ccc3c(c2)OCO3)o1. The van der Waals surface area contributed by atoms with Crippen molar-refractivity contribution in [3.8, 4) is 11.5 Å². The third-order valence-corrected chi connectivity index (χ3v) is 5.67. The smallest absolute Gasteiger partial charge is 0.287 e. The molecular formula is C25H27ClN2O4. The highest BCUT2D eigenvalue weighted by Gasteiger charge is 2.18. The Morgan fingerprint density at radius 3 is 2.50 bits per heavy atom. The Hall–Kier alpha value is -2.96. The van der Waals surface area contributed by atoms with Gasteiger partial charge in [-0.05, 0) is 60.9 Å². The number of carbonyl (C=O) groups excluding carboxylic acids is 1. The van der Waals surface area contributed by atoms with Gasteiger partial charge >= 0.3 is 0 Å². The number of halogens is 1. The van der Waals surface area contributed by atoms with Crippen molar-refractivity contribution >= 4 is 17.5 Å². The number of hydrogen-bond acceptors (Lipinski definition) is 5. The van der Waals surface area contributed by atoms with Crippen molar-refractivity contribution in [3.63, 3.8) is 0 Å². The molecule has 0 bridgehead atoms. The second-order valence-corrected chi connectivity index (χ2v) is 8.44. The van der Waals surface area contributed by atoms with Crippen LogP contribution in [0.2, 0.25) is 5.02 Å². The predicted molar refractivity (Wildman–Crippen MR) is 123 cm³/mol. The van der Waals surface area contributed by atoms with Crippen molar-refractivity contribution in [2.24, 2.45) is 0 Å². The molecule has 2 heterocycles. The Morgan fingerprint density at radius 2 is 1.72 bits per heavy atom. The van der Waals surface area contributed by atoms with Crippen LogP contribution in [0.4, 0.5) is 0 Å². The molecule has 32 heavy (non-hydrogen) atoms. The number of furan rings is 1. The monoisotopic (exact) mass is 454 g/mol. The molecule has 6 nitrogen and oxygen atoms in total. The molecule has 1 unspecified atom stereocenters. The third-order valence-electron chi connectivity index (χ3n) is 5.42. The van der Waals surface area contributed by atoms with Gasteiger partial charge in [0, 0.05) is 24.2 Å². The number of hydrogen-bond donors (Lipinski definition) is 1. The van der Waals surface area contributed by atoms with Gasteiger partial charge in [0.25, 0.3) is 5.91 Å². The van der Waals surface area contributed by atoms with Crippen molar-refractivity contribution in [3.05, 3.63) is 82.3 Å². The summed E-state index contributed by atoms with van der Waals surface area (Å²) in [5, 5.41) is 3.64. The Labute approximate surface area is 193 Å². The Bertz CT molecular complexity index is 1060. The van der Waals surface area contributed by atoms with E-state index in [4.69, 9.17) is 25.5 Å². The maximum absolute atomic E-state index is 12.4. The molecule has 0 aliphatic carbocycles. The van der Waals surface area contributed by atoms with Crippen LogP contribution in [0.3, 0.4) is 0 Å². The highest BCUT2D eigenvalue weighted by Crippen LogP contribution is 2.33. The van der Waals surface area contributed by atoms with Crippen LogP contribution in [-0.2, 0) is 19.6 Å². The third kappa shape index (κ3) is 5.64. The largest absolute Gasteiger partial charge is 0.455 e. The number of benzene rings is 2. The van der Waals surface area contributed by atoms with E-state index in [1.54, 1.807) is 6.07 Å². The normalized spacial score (nSPS) is 13.4. The summed E-state index contributed by atoms with van der Waals surface area (Å²) in [6, 6.07) is 17.5. The number of nitrogens with one attached hydrogen (secondary N) is 1. The van der Waals surface area contributed by atoms with Crippen molar-refractivity contribution in [2.45, 2.75) is 45.9 Å². The summed E-state index contributed by atoms with van der Waals surface area (Å²) in [4.78, 5) is 14.6. The van der Waals surface area contributed by atoms with Crippen molar-refractivity contribution in [1.82, 2.24) is 10.2 Å². The lowest BCUT2D eigenvalue weighted by Gasteiger charge is -2.22. The number of carbonyl (C=O) groups is 1. The summed E-state index contributed by atoms with van der Waals surface area (Å²) in [5.74, 6) is 2.39. The first-order valence-electron chi connectivity index (χ1n) is 10.7. The minimum atomic E-state index is -0.189. The molecule has 1 atom stereocenters. The first-order valence-corrected chi connectivity index (χ1v) is 11.1. The first-order chi connectivity index (χ1) is 15.5. The fourth-order valence-corrected chi connectivity index (χ4v) is 3.64. The average Bonchev–Trinajstić information content (AvgIpc) is 3.44. The highest BCUT2D eigenvalue weighted by molar-refractivity contribution is 6.30. The molecule has 1 amide bonds. The molecule has 1 aliphatic rings. The maximum atomic E-state index is 12.4. The van der Waals surface area contributed by atoms with E-state index in [0.29, 0.717) is 30.4 Å². The molecule has 1 aromatic heterocycles. The van der Waals surface area contributed by atoms with Crippen LogP contribution < -0.4 is 14.8 Å². The standard InChI is InChI=1S/C25H27ClN2O4/c1-3-17(2)27-25(29)23-11-9-21(32-23)15-28(13-18-4-7-20(26)8-5-18)14-19-6-10-22-24(12-19)31-16-30-22/h4-12,17H,3,13-16H2,1-2H3,(H,27,29). The summed E-state index contributed by atoms with van der Waals surface area (Å²) in [7, 11) is 0. The van der Waals surface area contributed by atoms with Crippen LogP contribution >= 0.6 is 11.6 Å². The van der Waals surface area contributed by atoms with Gasteiger partial charge in [-0.15, -0.1) is 0 Å². The van der Waals surface area contributed by atoms with Gasteiger partial charge in [-0.1, -0.05) is 36.7 Å². The molecule has 2 aromatic carbocycles. The summed E-state index contributed by atoms with van der Waals surface area (Å²) in [5.41, 5.74) is 2.24. The molecule has 0 saturated carbocycles. The Balaban J connectivity index is 1.50. The molecule has 168 valence electrons. The molecular weight excluding hydrogens is 428 g/mol. The zero-order valence-corrected chi connectivity index (χ0v) is 19.0. The minimum absolute atomic E-state index is 0.100. The quantitative estimate of drug-likeness (QED) is 0.469. The van der Waals surface area contributed by atoms with Gasteiger partial charge in [-0.2, -0.15) is 0 Å². The van der Waals surface area contributed by atoms with E-state index in [0.717, 1.165) is 34.8 Å². The molecule has 4 rings (SSSR count). The van der Waals surface area contributed by atoms with E-state index in [9.17, 15) is 4.79 Å². The predicted octanol–water partition coefficient (Wildman–Crippen LogP) is 5.39. The lowest BCUT2D eigenvalue weighted by Crippen LogP contribution is -2.31. The number of nitrogens with zero attached hydrogens (tertiary/aromatic N) is 1. The van der Waals surface area contributed by atoms with E-state index >= 15 is 0 Å². The first kappa shape index (κ1) is 22.2. The van der Waals surface area contributed by atoms with E-state index in [1.807, 2.05) is 62.4 Å². The lowest BCUT2D eigenvalue weighted by molar-refractivity contribution is 0.0906. The number of amides is 1. The Kier molecular flexibility index (Phi) is 7.02. The fourth-order valence-electron chi connectivity index (χ4n) is 3.52. The zero-order valence-electron chi connectivity index (χ0n) is 18.3. The number of rotatable bonds is 9. The van der Waals surface area contributed by atoms with E-state index < -0.39 is 0 Å². The van der Waals surface area contributed by atoms with Crippen LogP contribution in [0.25, 0.3) is 0 Å². The molecule has 7 heteroatoms.